The number of aliphatic hydroxyl groups is 1. The number of anilines is 1. The summed E-state index contributed by atoms with van der Waals surface area (Å²) in [5.41, 5.74) is 2.25. The summed E-state index contributed by atoms with van der Waals surface area (Å²) in [5, 5.41) is 9.70. The molecule has 0 amide bonds. The van der Waals surface area contributed by atoms with Gasteiger partial charge in [-0.05, 0) is 50.3 Å². The molecular formula is C16H24BrNO. The van der Waals surface area contributed by atoms with Crippen molar-refractivity contribution in [3.8, 4) is 0 Å². The Morgan fingerprint density at radius 3 is 2.84 bits per heavy atom. The van der Waals surface area contributed by atoms with Gasteiger partial charge in [-0.2, -0.15) is 0 Å². The molecule has 1 aliphatic rings. The molecule has 2 nitrogen and oxygen atoms in total. The van der Waals surface area contributed by atoms with Crippen molar-refractivity contribution < 1.29 is 5.11 Å². The number of hydrogen-bond donors (Lipinski definition) is 1. The van der Waals surface area contributed by atoms with Gasteiger partial charge in [0.15, 0.2) is 0 Å². The highest BCUT2D eigenvalue weighted by Gasteiger charge is 2.22. The fourth-order valence-corrected chi connectivity index (χ4v) is 3.71. The largest absolute Gasteiger partial charge is 0.389 e. The minimum Gasteiger partial charge on any atom is -0.389 e. The van der Waals surface area contributed by atoms with Gasteiger partial charge in [0.1, 0.15) is 0 Å². The second kappa shape index (κ2) is 6.76. The second-order valence-electron chi connectivity index (χ2n) is 5.51. The third-order valence-electron chi connectivity index (χ3n) is 4.01. The van der Waals surface area contributed by atoms with E-state index < -0.39 is 6.10 Å². The molecule has 2 atom stereocenters. The van der Waals surface area contributed by atoms with Gasteiger partial charge in [0.2, 0.25) is 0 Å². The molecule has 1 aromatic rings. The lowest BCUT2D eigenvalue weighted by Crippen LogP contribution is -2.39. The Kier molecular flexibility index (Phi) is 5.28. The van der Waals surface area contributed by atoms with Crippen molar-refractivity contribution in [2.75, 3.05) is 11.4 Å². The van der Waals surface area contributed by atoms with Gasteiger partial charge in [-0.1, -0.05) is 35.3 Å². The molecule has 1 saturated heterocycles. The van der Waals surface area contributed by atoms with Crippen molar-refractivity contribution in [2.45, 2.75) is 58.1 Å². The first-order chi connectivity index (χ1) is 9.13. The Labute approximate surface area is 124 Å². The summed E-state index contributed by atoms with van der Waals surface area (Å²) in [5.74, 6) is 0. The van der Waals surface area contributed by atoms with E-state index in [1.807, 2.05) is 6.07 Å². The Hall–Kier alpha value is -0.540. The van der Waals surface area contributed by atoms with Crippen LogP contribution in [-0.2, 0) is 0 Å². The number of nitrogens with zero attached hydrogens (tertiary/aromatic N) is 1. The smallest absolute Gasteiger partial charge is 0.0772 e. The van der Waals surface area contributed by atoms with Crippen LogP contribution in [0.2, 0.25) is 0 Å². The lowest BCUT2D eigenvalue weighted by molar-refractivity contribution is 0.198. The van der Waals surface area contributed by atoms with E-state index in [9.17, 15) is 5.11 Å². The topological polar surface area (TPSA) is 23.5 Å². The average Bonchev–Trinajstić information content (AvgIpc) is 2.39. The number of rotatable bonds is 4. The highest BCUT2D eigenvalue weighted by atomic mass is 79.9. The van der Waals surface area contributed by atoms with E-state index in [0.29, 0.717) is 6.04 Å². The number of aliphatic hydroxyl groups excluding tert-OH is 1. The van der Waals surface area contributed by atoms with Gasteiger partial charge in [-0.25, -0.2) is 0 Å². The van der Waals surface area contributed by atoms with Crippen LogP contribution in [0.3, 0.4) is 0 Å². The number of halogens is 1. The summed E-state index contributed by atoms with van der Waals surface area (Å²) in [4.78, 5) is 2.55. The summed E-state index contributed by atoms with van der Waals surface area (Å²) < 4.78 is 1.01. The van der Waals surface area contributed by atoms with E-state index in [4.69, 9.17) is 0 Å². The van der Waals surface area contributed by atoms with Gasteiger partial charge in [0, 0.05) is 22.7 Å². The third kappa shape index (κ3) is 3.51. The quantitative estimate of drug-likeness (QED) is 0.870. The van der Waals surface area contributed by atoms with Crippen LogP contribution in [0.4, 0.5) is 5.69 Å². The van der Waals surface area contributed by atoms with Crippen LogP contribution in [0.5, 0.6) is 0 Å². The van der Waals surface area contributed by atoms with Crippen molar-refractivity contribution >= 4 is 21.6 Å². The van der Waals surface area contributed by atoms with Gasteiger partial charge in [0.25, 0.3) is 0 Å². The fourth-order valence-electron chi connectivity index (χ4n) is 3.01. The van der Waals surface area contributed by atoms with Crippen LogP contribution < -0.4 is 4.90 Å². The lowest BCUT2D eigenvalue weighted by Gasteiger charge is -2.38. The summed E-state index contributed by atoms with van der Waals surface area (Å²) in [6.07, 6.45) is 6.05. The Balaban J connectivity index is 2.22. The summed E-state index contributed by atoms with van der Waals surface area (Å²) >= 11 is 3.59. The van der Waals surface area contributed by atoms with Crippen LogP contribution in [0.25, 0.3) is 0 Å². The molecule has 3 heteroatoms. The number of hydrogen-bond acceptors (Lipinski definition) is 2. The molecule has 0 spiro atoms. The maximum absolute atomic E-state index is 9.70. The van der Waals surface area contributed by atoms with Crippen molar-refractivity contribution in [2.24, 2.45) is 0 Å². The van der Waals surface area contributed by atoms with Crippen LogP contribution in [0.1, 0.15) is 57.6 Å². The molecule has 1 heterocycles. The lowest BCUT2D eigenvalue weighted by atomic mass is 9.97. The first-order valence-corrected chi connectivity index (χ1v) is 8.17. The SMILES string of the molecule is CCCC1CCCCN1c1ccc([C@@H](C)O)c(Br)c1. The molecule has 19 heavy (non-hydrogen) atoms. The molecule has 0 aromatic heterocycles. The van der Waals surface area contributed by atoms with E-state index in [1.54, 1.807) is 6.92 Å². The Morgan fingerprint density at radius 2 is 2.21 bits per heavy atom. The minimum atomic E-state index is -0.420. The maximum Gasteiger partial charge on any atom is 0.0772 e. The molecule has 1 N–H and O–H groups in total. The predicted molar refractivity (Wildman–Crippen MR) is 84.7 cm³/mol. The monoisotopic (exact) mass is 325 g/mol. The van der Waals surface area contributed by atoms with Gasteiger partial charge >= 0.3 is 0 Å². The molecule has 0 saturated carbocycles. The van der Waals surface area contributed by atoms with Gasteiger partial charge in [-0.15, -0.1) is 0 Å². The highest BCUT2D eigenvalue weighted by Crippen LogP contribution is 2.32. The summed E-state index contributed by atoms with van der Waals surface area (Å²) in [6.45, 7) is 5.23. The zero-order chi connectivity index (χ0) is 13.8. The molecule has 0 aliphatic carbocycles. The van der Waals surface area contributed by atoms with E-state index in [0.717, 1.165) is 16.6 Å². The average molecular weight is 326 g/mol. The molecule has 1 unspecified atom stereocenters. The van der Waals surface area contributed by atoms with Crippen LogP contribution in [0.15, 0.2) is 22.7 Å². The minimum absolute atomic E-state index is 0.420. The van der Waals surface area contributed by atoms with Crippen molar-refractivity contribution in [3.63, 3.8) is 0 Å². The fraction of sp³-hybridized carbons (Fsp3) is 0.625. The van der Waals surface area contributed by atoms with Crippen molar-refractivity contribution in [3.05, 3.63) is 28.2 Å². The summed E-state index contributed by atoms with van der Waals surface area (Å²) in [7, 11) is 0. The molecule has 1 aliphatic heterocycles. The van der Waals surface area contributed by atoms with E-state index >= 15 is 0 Å². The molecule has 0 radical (unpaired) electrons. The van der Waals surface area contributed by atoms with E-state index in [-0.39, 0.29) is 0 Å². The maximum atomic E-state index is 9.70. The summed E-state index contributed by atoms with van der Waals surface area (Å²) in [6, 6.07) is 7.04. The zero-order valence-electron chi connectivity index (χ0n) is 11.9. The zero-order valence-corrected chi connectivity index (χ0v) is 13.5. The van der Waals surface area contributed by atoms with Gasteiger partial charge in [-0.3, -0.25) is 0 Å². The van der Waals surface area contributed by atoms with Gasteiger partial charge < -0.3 is 10.0 Å². The normalized spacial score (nSPS) is 21.5. The molecule has 1 aromatic carbocycles. The Bertz CT molecular complexity index is 417. The van der Waals surface area contributed by atoms with Crippen molar-refractivity contribution in [1.82, 2.24) is 0 Å². The predicted octanol–water partition coefficient (Wildman–Crippen LogP) is 4.66. The van der Waals surface area contributed by atoms with E-state index in [2.05, 4.69) is 39.9 Å². The molecule has 1 fully saturated rings. The Morgan fingerprint density at radius 1 is 1.42 bits per heavy atom. The third-order valence-corrected chi connectivity index (χ3v) is 4.70. The standard InChI is InChI=1S/C16H24BrNO/c1-3-6-13-7-4-5-10-18(13)14-8-9-15(12(2)19)16(17)11-14/h8-9,11-13,19H,3-7,10H2,1-2H3/t12-,13?/m1/s1. The van der Waals surface area contributed by atoms with Gasteiger partial charge in [0.05, 0.1) is 6.10 Å². The van der Waals surface area contributed by atoms with Crippen LogP contribution in [-0.4, -0.2) is 17.7 Å². The van der Waals surface area contributed by atoms with Crippen LogP contribution >= 0.6 is 15.9 Å². The number of piperidine rings is 1. The molecule has 106 valence electrons. The molecule has 0 bridgehead atoms. The van der Waals surface area contributed by atoms with Crippen molar-refractivity contribution in [1.29, 1.82) is 0 Å². The second-order valence-corrected chi connectivity index (χ2v) is 6.37. The number of benzene rings is 1. The van der Waals surface area contributed by atoms with Crippen LogP contribution in [0, 0.1) is 0 Å². The van der Waals surface area contributed by atoms with E-state index in [1.165, 1.54) is 37.8 Å². The first-order valence-electron chi connectivity index (χ1n) is 7.37. The highest BCUT2D eigenvalue weighted by molar-refractivity contribution is 9.10. The first kappa shape index (κ1) is 14.9. The molecule has 2 rings (SSSR count). The molecular weight excluding hydrogens is 302 g/mol.